The summed E-state index contributed by atoms with van der Waals surface area (Å²) in [4.78, 5) is 23.8. The lowest BCUT2D eigenvalue weighted by Crippen LogP contribution is -2.30. The highest BCUT2D eigenvalue weighted by Gasteiger charge is 2.36. The minimum Gasteiger partial charge on any atom is -0.464 e. The number of carbonyl (C=O) groups is 1. The quantitative estimate of drug-likeness (QED) is 0.664. The van der Waals surface area contributed by atoms with Crippen molar-refractivity contribution in [1.82, 2.24) is 4.90 Å². The van der Waals surface area contributed by atoms with Crippen LogP contribution in [0.1, 0.15) is 30.8 Å². The molecule has 0 saturated heterocycles. The van der Waals surface area contributed by atoms with Crippen LogP contribution in [-0.4, -0.2) is 22.9 Å². The van der Waals surface area contributed by atoms with Crippen LogP contribution in [0.2, 0.25) is 0 Å². The first-order valence-corrected chi connectivity index (χ1v) is 7.79. The monoisotopic (exact) mass is 329 g/mol. The van der Waals surface area contributed by atoms with Gasteiger partial charge in [0.15, 0.2) is 0 Å². The van der Waals surface area contributed by atoms with Crippen molar-refractivity contribution in [2.75, 3.05) is 12.4 Å². The van der Waals surface area contributed by atoms with Crippen LogP contribution in [0.5, 0.6) is 0 Å². The van der Waals surface area contributed by atoms with Gasteiger partial charge in [-0.1, -0.05) is 6.92 Å². The van der Waals surface area contributed by atoms with Gasteiger partial charge in [0.1, 0.15) is 11.5 Å². The number of non-ortho nitro benzene ring substituents is 1. The number of carbonyl (C=O) groups excluding carboxylic acids is 1. The maximum Gasteiger partial charge on any atom is 0.321 e. The average Bonchev–Trinajstić information content (AvgIpc) is 3.10. The van der Waals surface area contributed by atoms with Crippen molar-refractivity contribution in [3.8, 4) is 0 Å². The second-order valence-corrected chi connectivity index (χ2v) is 6.21. The van der Waals surface area contributed by atoms with Crippen LogP contribution in [-0.2, 0) is 6.54 Å². The molecule has 0 bridgehead atoms. The van der Waals surface area contributed by atoms with E-state index in [-0.39, 0.29) is 11.7 Å². The molecule has 7 heteroatoms. The molecule has 1 aliphatic rings. The van der Waals surface area contributed by atoms with Crippen LogP contribution in [0.4, 0.5) is 16.2 Å². The first-order valence-electron chi connectivity index (χ1n) is 7.79. The Labute approximate surface area is 139 Å². The number of hydrogen-bond donors (Lipinski definition) is 1. The first-order chi connectivity index (χ1) is 11.4. The number of amides is 2. The Bertz CT molecular complexity index is 753. The van der Waals surface area contributed by atoms with Gasteiger partial charge in [0, 0.05) is 30.8 Å². The molecule has 0 spiro atoms. The van der Waals surface area contributed by atoms with Gasteiger partial charge in [-0.2, -0.15) is 0 Å². The first kappa shape index (κ1) is 16.0. The van der Waals surface area contributed by atoms with Crippen molar-refractivity contribution in [2.45, 2.75) is 25.8 Å². The molecule has 1 N–H and O–H groups in total. The minimum atomic E-state index is -0.479. The van der Waals surface area contributed by atoms with Crippen LogP contribution < -0.4 is 5.32 Å². The number of nitrogens with one attached hydrogen (secondary N) is 1. The number of benzene rings is 1. The summed E-state index contributed by atoms with van der Waals surface area (Å²) in [6.07, 6.45) is 1.16. The number of hydrogen-bond acceptors (Lipinski definition) is 4. The minimum absolute atomic E-state index is 0.0150. The number of nitro benzene ring substituents is 1. The number of nitrogens with zero attached hydrogens (tertiary/aromatic N) is 2. The van der Waals surface area contributed by atoms with Crippen molar-refractivity contribution in [3.63, 3.8) is 0 Å². The smallest absolute Gasteiger partial charge is 0.321 e. The zero-order valence-electron chi connectivity index (χ0n) is 13.6. The lowest BCUT2D eigenvalue weighted by molar-refractivity contribution is -0.384. The molecular weight excluding hydrogens is 310 g/mol. The van der Waals surface area contributed by atoms with Crippen LogP contribution in [0.25, 0.3) is 0 Å². The lowest BCUT2D eigenvalue weighted by atomic mass is 10.3. The van der Waals surface area contributed by atoms with E-state index >= 15 is 0 Å². The predicted octanol–water partition coefficient (Wildman–Crippen LogP) is 3.98. The summed E-state index contributed by atoms with van der Waals surface area (Å²) in [7, 11) is 1.67. The van der Waals surface area contributed by atoms with Gasteiger partial charge < -0.3 is 14.6 Å². The SMILES string of the molecule is C[C@@H]1C[C@H]1c1ccc(CN(C)C(=O)Nc2ccc([N+](=O)[O-])cc2)o1. The molecule has 126 valence electrons. The van der Waals surface area contributed by atoms with E-state index in [1.807, 2.05) is 12.1 Å². The number of urea groups is 1. The van der Waals surface area contributed by atoms with E-state index < -0.39 is 4.92 Å². The Hall–Kier alpha value is -2.83. The zero-order valence-corrected chi connectivity index (χ0v) is 13.6. The molecule has 0 unspecified atom stereocenters. The van der Waals surface area contributed by atoms with Crippen molar-refractivity contribution in [2.24, 2.45) is 5.92 Å². The number of furan rings is 1. The lowest BCUT2D eigenvalue weighted by Gasteiger charge is -2.16. The third-order valence-corrected chi connectivity index (χ3v) is 4.23. The Balaban J connectivity index is 1.56. The highest BCUT2D eigenvalue weighted by atomic mass is 16.6. The van der Waals surface area contributed by atoms with E-state index in [9.17, 15) is 14.9 Å². The number of nitro groups is 1. The average molecular weight is 329 g/mol. The molecule has 0 radical (unpaired) electrons. The molecule has 1 heterocycles. The molecule has 3 rings (SSSR count). The molecule has 1 aromatic heterocycles. The summed E-state index contributed by atoms with van der Waals surface area (Å²) in [5.41, 5.74) is 0.489. The van der Waals surface area contributed by atoms with Gasteiger partial charge in [-0.3, -0.25) is 10.1 Å². The van der Waals surface area contributed by atoms with Crippen molar-refractivity contribution < 1.29 is 14.1 Å². The molecule has 1 fully saturated rings. The molecule has 2 aromatic rings. The molecule has 7 nitrogen and oxygen atoms in total. The van der Waals surface area contributed by atoms with Crippen molar-refractivity contribution in [1.29, 1.82) is 0 Å². The van der Waals surface area contributed by atoms with Gasteiger partial charge in [0.2, 0.25) is 0 Å². The standard InChI is InChI=1S/C17H19N3O4/c1-11-9-15(11)16-8-7-14(24-16)10-19(2)17(21)18-12-3-5-13(6-4-12)20(22)23/h3-8,11,15H,9-10H2,1-2H3,(H,18,21)/t11-,15-/m1/s1. The van der Waals surface area contributed by atoms with E-state index in [1.165, 1.54) is 29.2 Å². The summed E-state index contributed by atoms with van der Waals surface area (Å²) in [5.74, 6) is 2.91. The summed E-state index contributed by atoms with van der Waals surface area (Å²) < 4.78 is 5.79. The summed E-state index contributed by atoms with van der Waals surface area (Å²) in [6.45, 7) is 2.55. The van der Waals surface area contributed by atoms with E-state index in [2.05, 4.69) is 12.2 Å². The number of rotatable bonds is 5. The molecule has 1 aromatic carbocycles. The van der Waals surface area contributed by atoms with E-state index in [4.69, 9.17) is 4.42 Å². The Morgan fingerprint density at radius 3 is 2.58 bits per heavy atom. The van der Waals surface area contributed by atoms with Gasteiger partial charge in [0.05, 0.1) is 11.5 Å². The maximum atomic E-state index is 12.2. The van der Waals surface area contributed by atoms with Crippen LogP contribution in [0, 0.1) is 16.0 Å². The largest absolute Gasteiger partial charge is 0.464 e. The Morgan fingerprint density at radius 2 is 2.00 bits per heavy atom. The Kier molecular flexibility index (Phi) is 4.24. The molecule has 1 saturated carbocycles. The zero-order chi connectivity index (χ0) is 17.3. The highest BCUT2D eigenvalue weighted by molar-refractivity contribution is 5.89. The topological polar surface area (TPSA) is 88.6 Å². The van der Waals surface area contributed by atoms with E-state index in [0.29, 0.717) is 24.1 Å². The maximum absolute atomic E-state index is 12.2. The molecule has 2 amide bonds. The second kappa shape index (κ2) is 6.35. The van der Waals surface area contributed by atoms with Crippen molar-refractivity contribution in [3.05, 3.63) is 58.0 Å². The predicted molar refractivity (Wildman–Crippen MR) is 88.8 cm³/mol. The van der Waals surface area contributed by atoms with Gasteiger partial charge in [-0.15, -0.1) is 0 Å². The van der Waals surface area contributed by atoms with Gasteiger partial charge in [-0.25, -0.2) is 4.79 Å². The third-order valence-electron chi connectivity index (χ3n) is 4.23. The summed E-state index contributed by atoms with van der Waals surface area (Å²) in [5, 5.41) is 13.3. The second-order valence-electron chi connectivity index (χ2n) is 6.21. The molecular formula is C17H19N3O4. The van der Waals surface area contributed by atoms with E-state index in [0.717, 1.165) is 17.9 Å². The van der Waals surface area contributed by atoms with Gasteiger partial charge >= 0.3 is 6.03 Å². The third kappa shape index (κ3) is 3.56. The van der Waals surface area contributed by atoms with E-state index in [1.54, 1.807) is 7.05 Å². The van der Waals surface area contributed by atoms with Gasteiger partial charge in [-0.05, 0) is 36.6 Å². The van der Waals surface area contributed by atoms with Crippen LogP contribution in [0.15, 0.2) is 40.8 Å². The van der Waals surface area contributed by atoms with Gasteiger partial charge in [0.25, 0.3) is 5.69 Å². The Morgan fingerprint density at radius 1 is 1.33 bits per heavy atom. The highest BCUT2D eigenvalue weighted by Crippen LogP contribution is 2.47. The van der Waals surface area contributed by atoms with Crippen molar-refractivity contribution >= 4 is 17.4 Å². The molecule has 2 atom stereocenters. The fourth-order valence-corrected chi connectivity index (χ4v) is 2.59. The summed E-state index contributed by atoms with van der Waals surface area (Å²) in [6, 6.07) is 9.28. The fourth-order valence-electron chi connectivity index (χ4n) is 2.59. The normalized spacial score (nSPS) is 18.9. The van der Waals surface area contributed by atoms with Crippen LogP contribution >= 0.6 is 0 Å². The summed E-state index contributed by atoms with van der Waals surface area (Å²) >= 11 is 0. The number of anilines is 1. The molecule has 1 aliphatic carbocycles. The fraction of sp³-hybridized carbons (Fsp3) is 0.353. The molecule has 0 aliphatic heterocycles. The van der Waals surface area contributed by atoms with Crippen LogP contribution in [0.3, 0.4) is 0 Å². The molecule has 24 heavy (non-hydrogen) atoms.